The Morgan fingerprint density at radius 1 is 1.46 bits per heavy atom. The lowest BCUT2D eigenvalue weighted by atomic mass is 10.4. The molecule has 0 radical (unpaired) electrons. The molecule has 1 rings (SSSR count). The topological polar surface area (TPSA) is 36.3 Å². The minimum Gasteiger partial charge on any atom is -0.383 e. The summed E-state index contributed by atoms with van der Waals surface area (Å²) in [5.41, 5.74) is 1.04. The first-order chi connectivity index (χ1) is 6.29. The number of ether oxygens (including phenoxy) is 2. The third-order valence-electron chi connectivity index (χ3n) is 1.69. The average Bonchev–Trinajstić information content (AvgIpc) is 2.46. The van der Waals surface area contributed by atoms with E-state index in [1.807, 2.05) is 4.68 Å². The van der Waals surface area contributed by atoms with Gasteiger partial charge in [-0.2, -0.15) is 5.10 Å². The SMILES string of the molecule is COCCn1ncc(Br)c1COC. The van der Waals surface area contributed by atoms with Crippen LogP contribution in [0.25, 0.3) is 0 Å². The van der Waals surface area contributed by atoms with Gasteiger partial charge in [-0.05, 0) is 15.9 Å². The number of hydrogen-bond acceptors (Lipinski definition) is 3. The molecule has 0 N–H and O–H groups in total. The van der Waals surface area contributed by atoms with Gasteiger partial charge in [-0.3, -0.25) is 4.68 Å². The van der Waals surface area contributed by atoms with E-state index in [9.17, 15) is 0 Å². The summed E-state index contributed by atoms with van der Waals surface area (Å²) in [5, 5.41) is 4.18. The Labute approximate surface area is 86.0 Å². The summed E-state index contributed by atoms with van der Waals surface area (Å²) < 4.78 is 12.9. The highest BCUT2D eigenvalue weighted by atomic mass is 79.9. The van der Waals surface area contributed by atoms with Crippen molar-refractivity contribution in [2.75, 3.05) is 20.8 Å². The van der Waals surface area contributed by atoms with Gasteiger partial charge in [0, 0.05) is 14.2 Å². The lowest BCUT2D eigenvalue weighted by Gasteiger charge is -2.06. The van der Waals surface area contributed by atoms with E-state index in [2.05, 4.69) is 21.0 Å². The fraction of sp³-hybridized carbons (Fsp3) is 0.625. The molecule has 0 aromatic carbocycles. The molecule has 1 aromatic heterocycles. The molecule has 0 saturated carbocycles. The summed E-state index contributed by atoms with van der Waals surface area (Å²) >= 11 is 3.41. The van der Waals surface area contributed by atoms with Gasteiger partial charge in [0.05, 0.1) is 36.1 Å². The monoisotopic (exact) mass is 248 g/mol. The summed E-state index contributed by atoms with van der Waals surface area (Å²) in [6.45, 7) is 1.97. The smallest absolute Gasteiger partial charge is 0.0892 e. The second-order valence-corrected chi connectivity index (χ2v) is 3.44. The van der Waals surface area contributed by atoms with Crippen LogP contribution in [0.2, 0.25) is 0 Å². The van der Waals surface area contributed by atoms with E-state index in [1.165, 1.54) is 0 Å². The van der Waals surface area contributed by atoms with Gasteiger partial charge >= 0.3 is 0 Å². The number of aromatic nitrogens is 2. The van der Waals surface area contributed by atoms with Gasteiger partial charge in [0.15, 0.2) is 0 Å². The van der Waals surface area contributed by atoms with E-state index in [0.717, 1.165) is 16.7 Å². The van der Waals surface area contributed by atoms with Crippen LogP contribution in [-0.4, -0.2) is 30.6 Å². The number of halogens is 1. The molecule has 0 atom stereocenters. The summed E-state index contributed by atoms with van der Waals surface area (Å²) in [4.78, 5) is 0. The van der Waals surface area contributed by atoms with Crippen molar-refractivity contribution in [1.29, 1.82) is 0 Å². The first-order valence-corrected chi connectivity index (χ1v) is 4.77. The standard InChI is InChI=1S/C8H13BrN2O2/c1-12-4-3-11-8(6-13-2)7(9)5-10-11/h5H,3-4,6H2,1-2H3. The Bertz CT molecular complexity index is 263. The van der Waals surface area contributed by atoms with Crippen LogP contribution in [-0.2, 0) is 22.6 Å². The van der Waals surface area contributed by atoms with Gasteiger partial charge < -0.3 is 9.47 Å². The lowest BCUT2D eigenvalue weighted by molar-refractivity contribution is 0.161. The Hall–Kier alpha value is -0.390. The van der Waals surface area contributed by atoms with Gasteiger partial charge in [0.25, 0.3) is 0 Å². The largest absolute Gasteiger partial charge is 0.383 e. The third-order valence-corrected chi connectivity index (χ3v) is 2.35. The van der Waals surface area contributed by atoms with Crippen molar-refractivity contribution in [2.24, 2.45) is 0 Å². The van der Waals surface area contributed by atoms with Crippen molar-refractivity contribution >= 4 is 15.9 Å². The Morgan fingerprint density at radius 2 is 2.23 bits per heavy atom. The molecule has 74 valence electrons. The molecular weight excluding hydrogens is 236 g/mol. The molecule has 1 heterocycles. The molecule has 0 saturated heterocycles. The minimum absolute atomic E-state index is 0.560. The summed E-state index contributed by atoms with van der Waals surface area (Å²) in [7, 11) is 3.34. The average molecular weight is 249 g/mol. The molecule has 0 unspecified atom stereocenters. The third kappa shape index (κ3) is 2.79. The van der Waals surface area contributed by atoms with Crippen LogP contribution in [0, 0.1) is 0 Å². The molecule has 0 fully saturated rings. The maximum atomic E-state index is 5.06. The van der Waals surface area contributed by atoms with Crippen LogP contribution in [0.5, 0.6) is 0 Å². The normalized spacial score (nSPS) is 10.7. The highest BCUT2D eigenvalue weighted by Crippen LogP contribution is 2.16. The van der Waals surface area contributed by atoms with E-state index in [-0.39, 0.29) is 0 Å². The van der Waals surface area contributed by atoms with E-state index in [0.29, 0.717) is 13.2 Å². The Morgan fingerprint density at radius 3 is 2.85 bits per heavy atom. The van der Waals surface area contributed by atoms with Crippen LogP contribution < -0.4 is 0 Å². The summed E-state index contributed by atoms with van der Waals surface area (Å²) in [6, 6.07) is 0. The van der Waals surface area contributed by atoms with E-state index in [1.54, 1.807) is 20.4 Å². The van der Waals surface area contributed by atoms with E-state index in [4.69, 9.17) is 9.47 Å². The molecule has 0 spiro atoms. The van der Waals surface area contributed by atoms with Crippen molar-refractivity contribution < 1.29 is 9.47 Å². The number of methoxy groups -OCH3 is 2. The highest BCUT2D eigenvalue weighted by Gasteiger charge is 2.07. The maximum Gasteiger partial charge on any atom is 0.0892 e. The fourth-order valence-electron chi connectivity index (χ4n) is 1.04. The first-order valence-electron chi connectivity index (χ1n) is 3.97. The van der Waals surface area contributed by atoms with Crippen molar-refractivity contribution in [3.05, 3.63) is 16.4 Å². The molecule has 5 heteroatoms. The second-order valence-electron chi connectivity index (χ2n) is 2.59. The lowest BCUT2D eigenvalue weighted by Crippen LogP contribution is -2.10. The second kappa shape index (κ2) is 5.36. The first kappa shape index (κ1) is 10.7. The molecular formula is C8H13BrN2O2. The number of rotatable bonds is 5. The number of nitrogens with zero attached hydrogens (tertiary/aromatic N) is 2. The van der Waals surface area contributed by atoms with Gasteiger partial charge in [0.2, 0.25) is 0 Å². The quantitative estimate of drug-likeness (QED) is 0.792. The maximum absolute atomic E-state index is 5.06. The van der Waals surface area contributed by atoms with Gasteiger partial charge in [-0.1, -0.05) is 0 Å². The predicted molar refractivity (Wildman–Crippen MR) is 52.5 cm³/mol. The predicted octanol–water partition coefficient (Wildman–Crippen LogP) is 1.44. The number of hydrogen-bond donors (Lipinski definition) is 0. The van der Waals surface area contributed by atoms with Crippen LogP contribution in [0.3, 0.4) is 0 Å². The zero-order chi connectivity index (χ0) is 9.68. The van der Waals surface area contributed by atoms with Crippen LogP contribution in [0.15, 0.2) is 10.7 Å². The molecule has 0 bridgehead atoms. The molecule has 13 heavy (non-hydrogen) atoms. The Kier molecular flexibility index (Phi) is 4.41. The zero-order valence-corrected chi connectivity index (χ0v) is 9.37. The molecule has 4 nitrogen and oxygen atoms in total. The van der Waals surface area contributed by atoms with E-state index >= 15 is 0 Å². The van der Waals surface area contributed by atoms with Gasteiger partial charge in [-0.25, -0.2) is 0 Å². The van der Waals surface area contributed by atoms with E-state index < -0.39 is 0 Å². The van der Waals surface area contributed by atoms with Crippen molar-refractivity contribution in [1.82, 2.24) is 9.78 Å². The van der Waals surface area contributed by atoms with Crippen molar-refractivity contribution in [3.63, 3.8) is 0 Å². The molecule has 1 aromatic rings. The van der Waals surface area contributed by atoms with Crippen LogP contribution >= 0.6 is 15.9 Å². The molecule has 0 aliphatic heterocycles. The summed E-state index contributed by atoms with van der Waals surface area (Å²) in [6.07, 6.45) is 1.77. The van der Waals surface area contributed by atoms with Crippen LogP contribution in [0.4, 0.5) is 0 Å². The van der Waals surface area contributed by atoms with Crippen molar-refractivity contribution in [2.45, 2.75) is 13.2 Å². The molecule has 0 amide bonds. The van der Waals surface area contributed by atoms with Crippen LogP contribution in [0.1, 0.15) is 5.69 Å². The van der Waals surface area contributed by atoms with Crippen molar-refractivity contribution in [3.8, 4) is 0 Å². The highest BCUT2D eigenvalue weighted by molar-refractivity contribution is 9.10. The van der Waals surface area contributed by atoms with Gasteiger partial charge in [0.1, 0.15) is 0 Å². The molecule has 0 aliphatic carbocycles. The fourth-order valence-corrected chi connectivity index (χ4v) is 1.45. The zero-order valence-electron chi connectivity index (χ0n) is 7.79. The summed E-state index contributed by atoms with van der Waals surface area (Å²) in [5.74, 6) is 0. The Balaban J connectivity index is 2.68. The minimum atomic E-state index is 0.560. The van der Waals surface area contributed by atoms with Gasteiger partial charge in [-0.15, -0.1) is 0 Å². The molecule has 0 aliphatic rings.